The maximum Gasteiger partial charge on any atom is 0.258 e. The first-order chi connectivity index (χ1) is 21.0. The summed E-state index contributed by atoms with van der Waals surface area (Å²) in [6.07, 6.45) is 5.26. The van der Waals surface area contributed by atoms with Crippen LogP contribution < -0.4 is 10.2 Å². The molecule has 2 aliphatic rings. The highest BCUT2D eigenvalue weighted by atomic mass is 35.5. The van der Waals surface area contributed by atoms with Crippen molar-refractivity contribution in [2.75, 3.05) is 11.4 Å². The van der Waals surface area contributed by atoms with E-state index in [9.17, 15) is 14.4 Å². The van der Waals surface area contributed by atoms with E-state index in [0.29, 0.717) is 36.5 Å². The largest absolute Gasteiger partial charge is 0.352 e. The number of nitrogens with one attached hydrogen (secondary N) is 1. The Hall–Kier alpha value is -4.16. The standard InChI is InChI=1S/C36H36ClN3O3/c37-28-20-18-26(19-21-28)24-40(32(23-25-9-2-1-3-10-25)35(42)38-29-13-4-5-14-29)33(41)17-8-22-39-31-16-7-12-27-11-6-15-30(34(27)31)36(39)43/h1-3,6-7,9-12,15-16,18-21,29,32H,4-5,8,13-14,17,22-24H2,(H,38,42). The average molecular weight is 594 g/mol. The number of benzene rings is 4. The Balaban J connectivity index is 1.23. The van der Waals surface area contributed by atoms with E-state index in [0.717, 1.165) is 53.3 Å². The van der Waals surface area contributed by atoms with E-state index in [-0.39, 0.29) is 30.2 Å². The minimum Gasteiger partial charge on any atom is -0.352 e. The summed E-state index contributed by atoms with van der Waals surface area (Å²) in [6.45, 7) is 0.712. The first-order valence-corrected chi connectivity index (χ1v) is 15.6. The molecule has 6 rings (SSSR count). The number of halogens is 1. The van der Waals surface area contributed by atoms with Gasteiger partial charge >= 0.3 is 0 Å². The van der Waals surface area contributed by atoms with Crippen LogP contribution in [0.5, 0.6) is 0 Å². The second-order valence-electron chi connectivity index (χ2n) is 11.6. The van der Waals surface area contributed by atoms with Gasteiger partial charge in [-0.15, -0.1) is 0 Å². The second-order valence-corrected chi connectivity index (χ2v) is 12.0. The topological polar surface area (TPSA) is 69.7 Å². The quantitative estimate of drug-likeness (QED) is 0.205. The van der Waals surface area contributed by atoms with Crippen LogP contribution in [0.3, 0.4) is 0 Å². The molecule has 1 unspecified atom stereocenters. The van der Waals surface area contributed by atoms with Gasteiger partial charge in [-0.25, -0.2) is 0 Å². The predicted molar refractivity (Wildman–Crippen MR) is 171 cm³/mol. The molecule has 7 heteroatoms. The number of rotatable bonds is 11. The lowest BCUT2D eigenvalue weighted by atomic mass is 10.0. The number of carbonyl (C=O) groups is 3. The Labute approximate surface area is 257 Å². The zero-order chi connectivity index (χ0) is 29.8. The lowest BCUT2D eigenvalue weighted by Crippen LogP contribution is -2.52. The third-order valence-corrected chi connectivity index (χ3v) is 8.91. The Morgan fingerprint density at radius 2 is 1.60 bits per heavy atom. The summed E-state index contributed by atoms with van der Waals surface area (Å²) in [5.41, 5.74) is 3.49. The van der Waals surface area contributed by atoms with Crippen molar-refractivity contribution in [3.8, 4) is 0 Å². The van der Waals surface area contributed by atoms with Crippen molar-refractivity contribution >= 4 is 45.8 Å². The molecule has 6 nitrogen and oxygen atoms in total. The van der Waals surface area contributed by atoms with Crippen LogP contribution in [0.25, 0.3) is 10.8 Å². The summed E-state index contributed by atoms with van der Waals surface area (Å²) in [5, 5.41) is 5.87. The van der Waals surface area contributed by atoms with E-state index >= 15 is 0 Å². The van der Waals surface area contributed by atoms with Crippen LogP contribution in [-0.4, -0.2) is 41.2 Å². The van der Waals surface area contributed by atoms with Crippen molar-refractivity contribution in [2.45, 2.75) is 63.6 Å². The van der Waals surface area contributed by atoms with E-state index in [1.165, 1.54) is 0 Å². The van der Waals surface area contributed by atoms with Gasteiger partial charge in [0.2, 0.25) is 11.8 Å². The SMILES string of the molecule is O=C(NC1CCCC1)C(Cc1ccccc1)N(Cc1ccc(Cl)cc1)C(=O)CCCN1C(=O)c2cccc3cccc1c23. The molecule has 1 aliphatic heterocycles. The minimum absolute atomic E-state index is 0.0323. The van der Waals surface area contributed by atoms with Gasteiger partial charge in [0, 0.05) is 47.9 Å². The third kappa shape index (κ3) is 6.45. The zero-order valence-corrected chi connectivity index (χ0v) is 24.9. The van der Waals surface area contributed by atoms with E-state index in [4.69, 9.17) is 11.6 Å². The molecule has 1 heterocycles. The molecule has 1 saturated carbocycles. The average Bonchev–Trinajstić information content (AvgIpc) is 3.63. The molecule has 0 radical (unpaired) electrons. The number of hydrogen-bond donors (Lipinski definition) is 1. The molecule has 4 aromatic rings. The van der Waals surface area contributed by atoms with Gasteiger partial charge < -0.3 is 15.1 Å². The minimum atomic E-state index is -0.669. The Morgan fingerprint density at radius 3 is 2.35 bits per heavy atom. The number of hydrogen-bond acceptors (Lipinski definition) is 3. The first-order valence-electron chi connectivity index (χ1n) is 15.2. The monoisotopic (exact) mass is 593 g/mol. The van der Waals surface area contributed by atoms with Crippen LogP contribution in [0.4, 0.5) is 5.69 Å². The predicted octanol–water partition coefficient (Wildman–Crippen LogP) is 6.93. The van der Waals surface area contributed by atoms with Crippen molar-refractivity contribution in [3.05, 3.63) is 113 Å². The second kappa shape index (κ2) is 13.0. The van der Waals surface area contributed by atoms with Gasteiger partial charge in [0.15, 0.2) is 0 Å². The molecule has 0 bridgehead atoms. The van der Waals surface area contributed by atoms with Crippen LogP contribution in [0.1, 0.15) is 60.0 Å². The lowest BCUT2D eigenvalue weighted by molar-refractivity contribution is -0.141. The van der Waals surface area contributed by atoms with Gasteiger partial charge in [-0.3, -0.25) is 14.4 Å². The summed E-state index contributed by atoms with van der Waals surface area (Å²) in [7, 11) is 0. The smallest absolute Gasteiger partial charge is 0.258 e. The van der Waals surface area contributed by atoms with Crippen molar-refractivity contribution < 1.29 is 14.4 Å². The molecule has 1 atom stereocenters. The van der Waals surface area contributed by atoms with Crippen LogP contribution in [0.15, 0.2) is 91.0 Å². The van der Waals surface area contributed by atoms with Gasteiger partial charge in [0.25, 0.3) is 5.91 Å². The molecular formula is C36H36ClN3O3. The molecule has 0 saturated heterocycles. The summed E-state index contributed by atoms with van der Waals surface area (Å²) in [6, 6.07) is 28.5. The molecule has 1 aliphatic carbocycles. The lowest BCUT2D eigenvalue weighted by Gasteiger charge is -2.32. The van der Waals surface area contributed by atoms with Gasteiger partial charge in [-0.1, -0.05) is 91.2 Å². The van der Waals surface area contributed by atoms with Crippen molar-refractivity contribution in [1.29, 1.82) is 0 Å². The highest BCUT2D eigenvalue weighted by Crippen LogP contribution is 2.37. The van der Waals surface area contributed by atoms with E-state index in [1.807, 2.05) is 91.0 Å². The maximum absolute atomic E-state index is 14.1. The number of carbonyl (C=O) groups excluding carboxylic acids is 3. The molecule has 220 valence electrons. The third-order valence-electron chi connectivity index (χ3n) is 8.66. The van der Waals surface area contributed by atoms with E-state index < -0.39 is 6.04 Å². The summed E-state index contributed by atoms with van der Waals surface area (Å²) >= 11 is 6.15. The van der Waals surface area contributed by atoms with E-state index in [1.54, 1.807) is 9.80 Å². The van der Waals surface area contributed by atoms with Crippen LogP contribution >= 0.6 is 11.6 Å². The van der Waals surface area contributed by atoms with Crippen molar-refractivity contribution in [3.63, 3.8) is 0 Å². The first kappa shape index (κ1) is 28.9. The van der Waals surface area contributed by atoms with Gasteiger partial charge in [0.1, 0.15) is 6.04 Å². The Bertz CT molecular complexity index is 1610. The van der Waals surface area contributed by atoms with Crippen LogP contribution in [-0.2, 0) is 22.6 Å². The van der Waals surface area contributed by atoms with E-state index in [2.05, 4.69) is 5.32 Å². The highest BCUT2D eigenvalue weighted by Gasteiger charge is 2.33. The zero-order valence-electron chi connectivity index (χ0n) is 24.2. The van der Waals surface area contributed by atoms with Crippen LogP contribution in [0.2, 0.25) is 5.02 Å². The molecular weight excluding hydrogens is 558 g/mol. The Kier molecular flexibility index (Phi) is 8.75. The van der Waals surface area contributed by atoms with Crippen LogP contribution in [0, 0.1) is 0 Å². The fourth-order valence-electron chi connectivity index (χ4n) is 6.44. The molecule has 1 fully saturated rings. The van der Waals surface area contributed by atoms with Crippen molar-refractivity contribution in [1.82, 2.24) is 10.2 Å². The van der Waals surface area contributed by atoms with Gasteiger partial charge in [-0.05, 0) is 60.0 Å². The molecule has 0 spiro atoms. The summed E-state index contributed by atoms with van der Waals surface area (Å²) in [5.74, 6) is -0.259. The van der Waals surface area contributed by atoms with Gasteiger partial charge in [-0.2, -0.15) is 0 Å². The maximum atomic E-state index is 14.1. The normalized spacial score (nSPS) is 15.2. The fraction of sp³-hybridized carbons (Fsp3) is 0.306. The van der Waals surface area contributed by atoms with Gasteiger partial charge in [0.05, 0.1) is 5.69 Å². The fourth-order valence-corrected chi connectivity index (χ4v) is 6.57. The number of nitrogens with zero attached hydrogens (tertiary/aromatic N) is 2. The Morgan fingerprint density at radius 1 is 0.884 bits per heavy atom. The molecule has 3 amide bonds. The number of amides is 3. The summed E-state index contributed by atoms with van der Waals surface area (Å²) < 4.78 is 0. The number of anilines is 1. The van der Waals surface area contributed by atoms with Crippen molar-refractivity contribution in [2.24, 2.45) is 0 Å². The molecule has 0 aromatic heterocycles. The highest BCUT2D eigenvalue weighted by molar-refractivity contribution is 6.30. The summed E-state index contributed by atoms with van der Waals surface area (Å²) in [4.78, 5) is 44.7. The molecule has 1 N–H and O–H groups in total. The molecule has 4 aromatic carbocycles. The molecule has 43 heavy (non-hydrogen) atoms.